The third-order valence-electron chi connectivity index (χ3n) is 3.38. The van der Waals surface area contributed by atoms with Crippen LogP contribution >= 0.6 is 0 Å². The zero-order valence-corrected chi connectivity index (χ0v) is 11.7. The van der Waals surface area contributed by atoms with Gasteiger partial charge in [-0.05, 0) is 25.0 Å². The first-order chi connectivity index (χ1) is 9.70. The zero-order chi connectivity index (χ0) is 14.4. The Balaban J connectivity index is 1.79. The summed E-state index contributed by atoms with van der Waals surface area (Å²) in [6.07, 6.45) is 3.18. The van der Waals surface area contributed by atoms with E-state index in [0.29, 0.717) is 25.9 Å². The van der Waals surface area contributed by atoms with Crippen molar-refractivity contribution in [1.82, 2.24) is 14.9 Å². The molecule has 5 heteroatoms. The van der Waals surface area contributed by atoms with E-state index in [2.05, 4.69) is 10.3 Å². The van der Waals surface area contributed by atoms with Crippen LogP contribution in [0.2, 0.25) is 0 Å². The largest absolute Gasteiger partial charge is 0.393 e. The molecule has 0 saturated heterocycles. The molecule has 2 aromatic rings. The summed E-state index contributed by atoms with van der Waals surface area (Å²) in [7, 11) is 0. The van der Waals surface area contributed by atoms with Crippen LogP contribution in [-0.4, -0.2) is 33.2 Å². The van der Waals surface area contributed by atoms with Crippen molar-refractivity contribution in [3.8, 4) is 0 Å². The summed E-state index contributed by atoms with van der Waals surface area (Å²) < 4.78 is 1.98. The van der Waals surface area contributed by atoms with E-state index in [1.165, 1.54) is 0 Å². The van der Waals surface area contributed by atoms with E-state index in [1.54, 1.807) is 6.33 Å². The molecule has 2 rings (SSSR count). The van der Waals surface area contributed by atoms with Gasteiger partial charge in [0.15, 0.2) is 0 Å². The van der Waals surface area contributed by atoms with Crippen molar-refractivity contribution in [3.05, 3.63) is 30.6 Å². The van der Waals surface area contributed by atoms with Crippen molar-refractivity contribution in [3.63, 3.8) is 0 Å². The van der Waals surface area contributed by atoms with Gasteiger partial charge in [-0.2, -0.15) is 0 Å². The third kappa shape index (κ3) is 3.81. The van der Waals surface area contributed by atoms with Gasteiger partial charge in [0.2, 0.25) is 5.91 Å². The number of hydrogen-bond acceptors (Lipinski definition) is 3. The van der Waals surface area contributed by atoms with Gasteiger partial charge in [-0.1, -0.05) is 19.1 Å². The molecule has 0 aliphatic heterocycles. The van der Waals surface area contributed by atoms with E-state index < -0.39 is 0 Å². The summed E-state index contributed by atoms with van der Waals surface area (Å²) in [4.78, 5) is 16.0. The molecule has 108 valence electrons. The molecule has 1 aromatic heterocycles. The molecule has 0 radical (unpaired) electrons. The molecule has 1 atom stereocenters. The number of nitrogens with zero attached hydrogens (tertiary/aromatic N) is 2. The van der Waals surface area contributed by atoms with Gasteiger partial charge in [0, 0.05) is 19.5 Å². The number of rotatable bonds is 7. The maximum Gasteiger partial charge on any atom is 0.221 e. The normalized spacial score (nSPS) is 12.5. The summed E-state index contributed by atoms with van der Waals surface area (Å²) in [5, 5.41) is 12.2. The Morgan fingerprint density at radius 1 is 1.45 bits per heavy atom. The zero-order valence-electron chi connectivity index (χ0n) is 11.7. The van der Waals surface area contributed by atoms with Crippen LogP contribution in [0.1, 0.15) is 26.2 Å². The number of carbonyl (C=O) groups excluding carboxylic acids is 1. The maximum absolute atomic E-state index is 11.7. The first-order valence-electron chi connectivity index (χ1n) is 7.05. The Hall–Kier alpha value is -1.88. The number of amides is 1. The molecule has 0 aliphatic rings. The van der Waals surface area contributed by atoms with Crippen molar-refractivity contribution in [2.45, 2.75) is 38.8 Å². The fourth-order valence-electron chi connectivity index (χ4n) is 2.08. The van der Waals surface area contributed by atoms with Crippen molar-refractivity contribution in [2.75, 3.05) is 6.54 Å². The van der Waals surface area contributed by atoms with Crippen LogP contribution < -0.4 is 5.32 Å². The van der Waals surface area contributed by atoms with Gasteiger partial charge < -0.3 is 15.0 Å². The van der Waals surface area contributed by atoms with Gasteiger partial charge in [0.1, 0.15) is 0 Å². The minimum atomic E-state index is -0.326. The Morgan fingerprint density at radius 3 is 3.05 bits per heavy atom. The molecular weight excluding hydrogens is 254 g/mol. The molecule has 1 amide bonds. The molecular formula is C15H21N3O2. The van der Waals surface area contributed by atoms with Crippen LogP contribution in [0.3, 0.4) is 0 Å². The van der Waals surface area contributed by atoms with Crippen molar-refractivity contribution in [1.29, 1.82) is 0 Å². The Kier molecular flexibility index (Phi) is 5.12. The number of carbonyl (C=O) groups is 1. The molecule has 1 aromatic carbocycles. The number of imidazole rings is 1. The van der Waals surface area contributed by atoms with E-state index >= 15 is 0 Å². The van der Waals surface area contributed by atoms with E-state index in [0.717, 1.165) is 17.5 Å². The monoisotopic (exact) mass is 275 g/mol. The highest BCUT2D eigenvalue weighted by atomic mass is 16.3. The first kappa shape index (κ1) is 14.5. The highest BCUT2D eigenvalue weighted by molar-refractivity contribution is 5.77. The molecule has 20 heavy (non-hydrogen) atoms. The third-order valence-corrected chi connectivity index (χ3v) is 3.38. The van der Waals surface area contributed by atoms with E-state index in [4.69, 9.17) is 0 Å². The number of benzene rings is 1. The average Bonchev–Trinajstić information content (AvgIpc) is 2.88. The Morgan fingerprint density at radius 2 is 2.25 bits per heavy atom. The number of nitrogens with one attached hydrogen (secondary N) is 1. The standard InChI is InChI=1S/C15H21N3O2/c1-2-12(19)7-9-16-15(20)8-10-18-11-17-13-5-3-4-6-14(13)18/h3-6,11-12,19H,2,7-10H2,1H3,(H,16,20). The summed E-state index contributed by atoms with van der Waals surface area (Å²) in [5.41, 5.74) is 1.99. The van der Waals surface area contributed by atoms with E-state index in [9.17, 15) is 9.90 Å². The van der Waals surface area contributed by atoms with Crippen LogP contribution in [0.15, 0.2) is 30.6 Å². The highest BCUT2D eigenvalue weighted by Crippen LogP contribution is 2.11. The minimum Gasteiger partial charge on any atom is -0.393 e. The fourth-order valence-corrected chi connectivity index (χ4v) is 2.08. The van der Waals surface area contributed by atoms with Crippen molar-refractivity contribution >= 4 is 16.9 Å². The van der Waals surface area contributed by atoms with E-state index in [1.807, 2.05) is 35.8 Å². The Labute approximate surface area is 118 Å². The van der Waals surface area contributed by atoms with E-state index in [-0.39, 0.29) is 12.0 Å². The molecule has 2 N–H and O–H groups in total. The van der Waals surface area contributed by atoms with Gasteiger partial charge in [-0.25, -0.2) is 4.98 Å². The SMILES string of the molecule is CCC(O)CCNC(=O)CCn1cnc2ccccc21. The van der Waals surface area contributed by atoms with Gasteiger partial charge in [-0.3, -0.25) is 4.79 Å². The fraction of sp³-hybridized carbons (Fsp3) is 0.467. The molecule has 0 bridgehead atoms. The van der Waals surface area contributed by atoms with Gasteiger partial charge >= 0.3 is 0 Å². The second-order valence-electron chi connectivity index (χ2n) is 4.88. The predicted octanol–water partition coefficient (Wildman–Crippen LogP) is 1.70. The smallest absolute Gasteiger partial charge is 0.221 e. The van der Waals surface area contributed by atoms with Crippen LogP contribution in [0.4, 0.5) is 0 Å². The summed E-state index contributed by atoms with van der Waals surface area (Å²) in [5.74, 6) is 0.00563. The number of fused-ring (bicyclic) bond motifs is 1. The van der Waals surface area contributed by atoms with Crippen LogP contribution in [0.25, 0.3) is 11.0 Å². The van der Waals surface area contributed by atoms with Gasteiger partial charge in [-0.15, -0.1) is 0 Å². The lowest BCUT2D eigenvalue weighted by Gasteiger charge is -2.09. The molecule has 0 aliphatic carbocycles. The van der Waals surface area contributed by atoms with Crippen LogP contribution in [0, 0.1) is 0 Å². The lowest BCUT2D eigenvalue weighted by atomic mass is 10.2. The van der Waals surface area contributed by atoms with Crippen molar-refractivity contribution in [2.24, 2.45) is 0 Å². The number of aliphatic hydroxyl groups excluding tert-OH is 1. The number of aryl methyl sites for hydroxylation is 1. The lowest BCUT2D eigenvalue weighted by Crippen LogP contribution is -2.27. The van der Waals surface area contributed by atoms with Gasteiger partial charge in [0.25, 0.3) is 0 Å². The average molecular weight is 275 g/mol. The van der Waals surface area contributed by atoms with Crippen LogP contribution in [-0.2, 0) is 11.3 Å². The van der Waals surface area contributed by atoms with Gasteiger partial charge in [0.05, 0.1) is 23.5 Å². The highest BCUT2D eigenvalue weighted by Gasteiger charge is 2.06. The first-order valence-corrected chi connectivity index (χ1v) is 7.05. The number of para-hydroxylation sites is 2. The molecule has 0 fully saturated rings. The lowest BCUT2D eigenvalue weighted by molar-refractivity contribution is -0.121. The minimum absolute atomic E-state index is 0.00563. The quantitative estimate of drug-likeness (QED) is 0.808. The topological polar surface area (TPSA) is 67.2 Å². The van der Waals surface area contributed by atoms with Crippen molar-refractivity contribution < 1.29 is 9.90 Å². The Bertz CT molecular complexity index is 565. The van der Waals surface area contributed by atoms with Crippen LogP contribution in [0.5, 0.6) is 0 Å². The molecule has 0 saturated carbocycles. The molecule has 5 nitrogen and oxygen atoms in total. The summed E-state index contributed by atoms with van der Waals surface area (Å²) in [6.45, 7) is 3.07. The predicted molar refractivity (Wildman–Crippen MR) is 78.3 cm³/mol. The summed E-state index contributed by atoms with van der Waals surface area (Å²) >= 11 is 0. The molecule has 1 heterocycles. The molecule has 0 spiro atoms. The second kappa shape index (κ2) is 7.05. The number of aromatic nitrogens is 2. The molecule has 1 unspecified atom stereocenters. The second-order valence-corrected chi connectivity index (χ2v) is 4.88. The number of hydrogen-bond donors (Lipinski definition) is 2. The number of aliphatic hydroxyl groups is 1. The summed E-state index contributed by atoms with van der Waals surface area (Å²) in [6, 6.07) is 7.87. The maximum atomic E-state index is 11.7.